The van der Waals surface area contributed by atoms with E-state index in [1.54, 1.807) is 6.92 Å². The Morgan fingerprint density at radius 3 is 2.35 bits per heavy atom. The normalized spacial score (nSPS) is 10.6. The molecule has 90 valence electrons. The second-order valence-corrected chi connectivity index (χ2v) is 4.00. The van der Waals surface area contributed by atoms with Gasteiger partial charge in [-0.15, -0.1) is 0 Å². The summed E-state index contributed by atoms with van der Waals surface area (Å²) in [6.07, 6.45) is 0. The minimum absolute atomic E-state index is 0.0375. The average Bonchev–Trinajstić information content (AvgIpc) is 2.56. The van der Waals surface area contributed by atoms with Crippen molar-refractivity contribution in [3.8, 4) is 12.0 Å². The molecule has 0 radical (unpaired) electrons. The van der Waals surface area contributed by atoms with E-state index < -0.39 is 0 Å². The van der Waals surface area contributed by atoms with E-state index in [0.29, 0.717) is 10.7 Å². The quantitative estimate of drug-likeness (QED) is 0.837. The third kappa shape index (κ3) is 2.18. The lowest BCUT2D eigenvalue weighted by Gasteiger charge is -2.04. The fraction of sp³-hybridized carbons (Fsp3) is 0.333. The van der Waals surface area contributed by atoms with Crippen LogP contribution in [0.5, 0.6) is 6.01 Å². The lowest BCUT2D eigenvalue weighted by molar-refractivity contribution is 0.376. The lowest BCUT2D eigenvalue weighted by Crippen LogP contribution is -2.07. The van der Waals surface area contributed by atoms with Crippen molar-refractivity contribution in [3.63, 3.8) is 0 Å². The second-order valence-electron chi connectivity index (χ2n) is 3.29. The van der Waals surface area contributed by atoms with Crippen molar-refractivity contribution in [1.29, 1.82) is 0 Å². The standard InChI is InChI=1S/C9H9Cl2N5O/c1-4-6(10)5(2)16(15-4)8-12-7(11)13-9(14-8)17-3/h1-3H3. The minimum Gasteiger partial charge on any atom is -0.467 e. The Balaban J connectivity index is 2.59. The van der Waals surface area contributed by atoms with Gasteiger partial charge in [0, 0.05) is 0 Å². The number of nitrogens with zero attached hydrogens (tertiary/aromatic N) is 5. The fourth-order valence-electron chi connectivity index (χ4n) is 1.33. The number of aromatic nitrogens is 5. The van der Waals surface area contributed by atoms with E-state index in [4.69, 9.17) is 27.9 Å². The van der Waals surface area contributed by atoms with Crippen molar-refractivity contribution >= 4 is 23.2 Å². The van der Waals surface area contributed by atoms with Gasteiger partial charge in [-0.25, -0.2) is 4.68 Å². The predicted octanol–water partition coefficient (Wildman–Crippen LogP) is 1.99. The Kier molecular flexibility index (Phi) is 3.17. The van der Waals surface area contributed by atoms with E-state index in [2.05, 4.69) is 20.1 Å². The number of aryl methyl sites for hydroxylation is 1. The van der Waals surface area contributed by atoms with Crippen LogP contribution in [0.4, 0.5) is 0 Å². The van der Waals surface area contributed by atoms with Crippen LogP contribution in [0, 0.1) is 13.8 Å². The molecule has 0 saturated heterocycles. The number of methoxy groups -OCH3 is 1. The van der Waals surface area contributed by atoms with Crippen LogP contribution in [0.2, 0.25) is 10.3 Å². The maximum absolute atomic E-state index is 6.04. The van der Waals surface area contributed by atoms with Crippen molar-refractivity contribution in [2.75, 3.05) is 7.11 Å². The molecule has 0 saturated carbocycles. The number of hydrogen-bond donors (Lipinski definition) is 0. The molecule has 2 heterocycles. The molecular formula is C9H9Cl2N5O. The van der Waals surface area contributed by atoms with Crippen LogP contribution < -0.4 is 4.74 Å². The van der Waals surface area contributed by atoms with Crippen molar-refractivity contribution in [3.05, 3.63) is 21.7 Å². The minimum atomic E-state index is 0.0375. The summed E-state index contributed by atoms with van der Waals surface area (Å²) in [6.45, 7) is 3.61. The Morgan fingerprint density at radius 2 is 1.82 bits per heavy atom. The van der Waals surface area contributed by atoms with Crippen molar-refractivity contribution in [2.24, 2.45) is 0 Å². The van der Waals surface area contributed by atoms with Gasteiger partial charge in [-0.1, -0.05) is 11.6 Å². The van der Waals surface area contributed by atoms with Crippen LogP contribution in [-0.2, 0) is 0 Å². The van der Waals surface area contributed by atoms with Crippen molar-refractivity contribution < 1.29 is 4.74 Å². The number of ether oxygens (including phenoxy) is 1. The summed E-state index contributed by atoms with van der Waals surface area (Å²) in [5.74, 6) is 0.273. The van der Waals surface area contributed by atoms with Crippen LogP contribution in [0.15, 0.2) is 0 Å². The van der Waals surface area contributed by atoms with E-state index >= 15 is 0 Å². The topological polar surface area (TPSA) is 65.7 Å². The van der Waals surface area contributed by atoms with Gasteiger partial charge in [0.1, 0.15) is 0 Å². The molecule has 6 nitrogen and oxygen atoms in total. The molecule has 0 aliphatic heterocycles. The zero-order chi connectivity index (χ0) is 12.6. The first-order valence-corrected chi connectivity index (χ1v) is 5.46. The van der Waals surface area contributed by atoms with E-state index in [1.807, 2.05) is 6.92 Å². The van der Waals surface area contributed by atoms with Gasteiger partial charge < -0.3 is 4.74 Å². The predicted molar refractivity (Wildman–Crippen MR) is 63.0 cm³/mol. The van der Waals surface area contributed by atoms with E-state index in [-0.39, 0.29) is 17.2 Å². The van der Waals surface area contributed by atoms with E-state index in [1.165, 1.54) is 11.8 Å². The first kappa shape index (κ1) is 12.1. The average molecular weight is 274 g/mol. The Bertz CT molecular complexity index is 569. The first-order valence-electron chi connectivity index (χ1n) is 4.70. The molecule has 0 unspecified atom stereocenters. The van der Waals surface area contributed by atoms with Crippen LogP contribution >= 0.6 is 23.2 Å². The largest absolute Gasteiger partial charge is 0.467 e. The summed E-state index contributed by atoms with van der Waals surface area (Å²) in [5.41, 5.74) is 1.42. The zero-order valence-corrected chi connectivity index (χ0v) is 10.9. The van der Waals surface area contributed by atoms with E-state index in [0.717, 1.165) is 5.69 Å². The van der Waals surface area contributed by atoms with Gasteiger partial charge in [0.2, 0.25) is 5.28 Å². The first-order chi connectivity index (χ1) is 8.02. The monoisotopic (exact) mass is 273 g/mol. The summed E-state index contributed by atoms with van der Waals surface area (Å²) < 4.78 is 6.41. The molecule has 2 aromatic heterocycles. The molecule has 0 aliphatic rings. The van der Waals surface area contributed by atoms with Gasteiger partial charge in [-0.2, -0.15) is 20.1 Å². The van der Waals surface area contributed by atoms with Gasteiger partial charge in [0.15, 0.2) is 0 Å². The van der Waals surface area contributed by atoms with Gasteiger partial charge >= 0.3 is 6.01 Å². The summed E-state index contributed by atoms with van der Waals surface area (Å²) >= 11 is 11.8. The zero-order valence-electron chi connectivity index (χ0n) is 9.40. The second kappa shape index (κ2) is 4.46. The highest BCUT2D eigenvalue weighted by Crippen LogP contribution is 2.21. The molecule has 0 spiro atoms. The van der Waals surface area contributed by atoms with E-state index in [9.17, 15) is 0 Å². The number of hydrogen-bond acceptors (Lipinski definition) is 5. The highest BCUT2D eigenvalue weighted by atomic mass is 35.5. The molecule has 0 bridgehead atoms. The molecule has 0 aliphatic carbocycles. The Labute approximate surface area is 108 Å². The molecule has 0 aromatic carbocycles. The lowest BCUT2D eigenvalue weighted by atomic mass is 10.4. The molecule has 0 atom stereocenters. The third-order valence-electron chi connectivity index (χ3n) is 2.15. The molecule has 2 aromatic rings. The molecule has 8 heteroatoms. The molecule has 17 heavy (non-hydrogen) atoms. The highest BCUT2D eigenvalue weighted by molar-refractivity contribution is 6.31. The third-order valence-corrected chi connectivity index (χ3v) is 2.87. The summed E-state index contributed by atoms with van der Waals surface area (Å²) in [4.78, 5) is 11.8. The van der Waals surface area contributed by atoms with Gasteiger partial charge in [-0.05, 0) is 25.4 Å². The number of rotatable bonds is 2. The van der Waals surface area contributed by atoms with Crippen LogP contribution in [0.3, 0.4) is 0 Å². The fourth-order valence-corrected chi connectivity index (χ4v) is 1.59. The summed E-state index contributed by atoms with van der Waals surface area (Å²) in [5, 5.41) is 4.82. The molecular weight excluding hydrogens is 265 g/mol. The van der Waals surface area contributed by atoms with Gasteiger partial charge in [0.05, 0.1) is 23.5 Å². The molecule has 2 rings (SSSR count). The smallest absolute Gasteiger partial charge is 0.322 e. The van der Waals surface area contributed by atoms with Crippen molar-refractivity contribution in [2.45, 2.75) is 13.8 Å². The van der Waals surface area contributed by atoms with Crippen LogP contribution in [0.1, 0.15) is 11.4 Å². The SMILES string of the molecule is COc1nc(Cl)nc(-n2nc(C)c(Cl)c2C)n1. The van der Waals surface area contributed by atoms with Gasteiger partial charge in [0.25, 0.3) is 5.95 Å². The molecule has 0 fully saturated rings. The highest BCUT2D eigenvalue weighted by Gasteiger charge is 2.14. The maximum atomic E-state index is 6.04. The summed E-state index contributed by atoms with van der Waals surface area (Å²) in [7, 11) is 1.45. The van der Waals surface area contributed by atoms with Crippen LogP contribution in [0.25, 0.3) is 5.95 Å². The molecule has 0 amide bonds. The molecule has 0 N–H and O–H groups in total. The van der Waals surface area contributed by atoms with Gasteiger partial charge in [-0.3, -0.25) is 0 Å². The van der Waals surface area contributed by atoms with Crippen LogP contribution in [-0.4, -0.2) is 31.8 Å². The Hall–Kier alpha value is -1.40. The number of halogens is 2. The van der Waals surface area contributed by atoms with Crippen molar-refractivity contribution in [1.82, 2.24) is 24.7 Å². The Morgan fingerprint density at radius 1 is 1.12 bits per heavy atom. The maximum Gasteiger partial charge on any atom is 0.322 e. The summed E-state index contributed by atoms with van der Waals surface area (Å²) in [6, 6.07) is 0.128.